The van der Waals surface area contributed by atoms with E-state index in [1.807, 2.05) is 23.9 Å². The molecule has 0 radical (unpaired) electrons. The monoisotopic (exact) mass is 231 g/mol. The van der Waals surface area contributed by atoms with Gasteiger partial charge in [-0.15, -0.1) is 0 Å². The van der Waals surface area contributed by atoms with Gasteiger partial charge in [-0.3, -0.25) is 0 Å². The van der Waals surface area contributed by atoms with Crippen LogP contribution in [0.15, 0.2) is 35.1 Å². The fourth-order valence-corrected chi connectivity index (χ4v) is 1.95. The molecule has 5 heteroatoms. The molecular formula is C12H10FN3O. The molecule has 0 unspecified atom stereocenters. The van der Waals surface area contributed by atoms with Gasteiger partial charge in [0.25, 0.3) is 0 Å². The van der Waals surface area contributed by atoms with Crippen LogP contribution in [0.2, 0.25) is 0 Å². The van der Waals surface area contributed by atoms with Gasteiger partial charge in [0, 0.05) is 29.7 Å². The zero-order valence-corrected chi connectivity index (χ0v) is 9.14. The molecule has 2 heterocycles. The summed E-state index contributed by atoms with van der Waals surface area (Å²) < 4.78 is 20.6. The van der Waals surface area contributed by atoms with Gasteiger partial charge in [0.05, 0.1) is 11.8 Å². The lowest BCUT2D eigenvalue weighted by Crippen LogP contribution is -1.90. The molecule has 0 saturated carbocycles. The van der Waals surface area contributed by atoms with Crippen LogP contribution in [0.3, 0.4) is 0 Å². The average molecular weight is 231 g/mol. The van der Waals surface area contributed by atoms with Gasteiger partial charge < -0.3 is 14.8 Å². The van der Waals surface area contributed by atoms with E-state index in [9.17, 15) is 4.39 Å². The molecule has 0 bridgehead atoms. The number of nitrogens with two attached hydrogens (primary N) is 1. The standard InChI is InChI=1S/C12H10FN3O/c1-16-3-2-7-4-10(13)8(5-11(7)16)9-6-15-17-12(9)14/h2-6H,14H2,1H3. The Labute approximate surface area is 96.4 Å². The molecule has 86 valence electrons. The molecule has 2 N–H and O–H groups in total. The Morgan fingerprint density at radius 2 is 2.18 bits per heavy atom. The Morgan fingerprint density at radius 3 is 2.88 bits per heavy atom. The fraction of sp³-hybridized carbons (Fsp3) is 0.0833. The molecule has 0 aliphatic carbocycles. The predicted octanol–water partition coefficient (Wildman–Crippen LogP) is 2.55. The van der Waals surface area contributed by atoms with E-state index in [4.69, 9.17) is 10.3 Å². The Hall–Kier alpha value is -2.30. The number of hydrogen-bond acceptors (Lipinski definition) is 3. The largest absolute Gasteiger partial charge is 0.367 e. The second kappa shape index (κ2) is 3.35. The molecule has 0 spiro atoms. The minimum atomic E-state index is -0.335. The first-order chi connectivity index (χ1) is 8.16. The molecule has 17 heavy (non-hydrogen) atoms. The van der Waals surface area contributed by atoms with Crippen molar-refractivity contribution >= 4 is 16.8 Å². The molecule has 0 aliphatic heterocycles. The number of anilines is 1. The highest BCUT2D eigenvalue weighted by Gasteiger charge is 2.14. The lowest BCUT2D eigenvalue weighted by molar-refractivity contribution is 0.436. The van der Waals surface area contributed by atoms with Crippen LogP contribution < -0.4 is 5.73 Å². The summed E-state index contributed by atoms with van der Waals surface area (Å²) in [6, 6.07) is 5.09. The van der Waals surface area contributed by atoms with Crippen LogP contribution in [0, 0.1) is 5.82 Å². The number of nitrogen functional groups attached to an aromatic ring is 1. The third-order valence-corrected chi connectivity index (χ3v) is 2.86. The average Bonchev–Trinajstić information content (AvgIpc) is 2.85. The van der Waals surface area contributed by atoms with E-state index < -0.39 is 0 Å². The number of nitrogens with zero attached hydrogens (tertiary/aromatic N) is 2. The Kier molecular flexibility index (Phi) is 1.95. The summed E-state index contributed by atoms with van der Waals surface area (Å²) in [7, 11) is 1.90. The van der Waals surface area contributed by atoms with Gasteiger partial charge in [0.2, 0.25) is 5.88 Å². The van der Waals surface area contributed by atoms with Crippen LogP contribution in [0.5, 0.6) is 0 Å². The minimum Gasteiger partial charge on any atom is -0.367 e. The highest BCUT2D eigenvalue weighted by Crippen LogP contribution is 2.31. The summed E-state index contributed by atoms with van der Waals surface area (Å²) in [5.74, 6) is -0.212. The summed E-state index contributed by atoms with van der Waals surface area (Å²) in [5.41, 5.74) is 7.41. The van der Waals surface area contributed by atoms with E-state index in [0.717, 1.165) is 10.9 Å². The van der Waals surface area contributed by atoms with Gasteiger partial charge in [-0.05, 0) is 18.2 Å². The zero-order valence-electron chi connectivity index (χ0n) is 9.14. The number of aromatic nitrogens is 2. The molecule has 1 aromatic carbocycles. The predicted molar refractivity (Wildman–Crippen MR) is 62.8 cm³/mol. The van der Waals surface area contributed by atoms with Gasteiger partial charge in [-0.25, -0.2) is 4.39 Å². The molecule has 4 nitrogen and oxygen atoms in total. The quantitative estimate of drug-likeness (QED) is 0.700. The first-order valence-electron chi connectivity index (χ1n) is 5.12. The third kappa shape index (κ3) is 1.39. The van der Waals surface area contributed by atoms with Crippen molar-refractivity contribution in [2.45, 2.75) is 0 Å². The van der Waals surface area contributed by atoms with E-state index in [2.05, 4.69) is 5.16 Å². The Morgan fingerprint density at radius 1 is 1.35 bits per heavy atom. The van der Waals surface area contributed by atoms with Gasteiger partial charge >= 0.3 is 0 Å². The molecule has 0 atom stereocenters. The van der Waals surface area contributed by atoms with Crippen LogP contribution in [0.1, 0.15) is 0 Å². The molecule has 0 aliphatic rings. The van der Waals surface area contributed by atoms with Crippen molar-refractivity contribution in [3.05, 3.63) is 36.4 Å². The maximum atomic E-state index is 13.9. The van der Waals surface area contributed by atoms with Gasteiger partial charge in [-0.2, -0.15) is 0 Å². The van der Waals surface area contributed by atoms with Crippen molar-refractivity contribution in [1.29, 1.82) is 0 Å². The second-order valence-electron chi connectivity index (χ2n) is 3.92. The van der Waals surface area contributed by atoms with Crippen molar-refractivity contribution in [2.24, 2.45) is 7.05 Å². The molecule has 0 saturated heterocycles. The van der Waals surface area contributed by atoms with Crippen molar-refractivity contribution in [1.82, 2.24) is 9.72 Å². The second-order valence-corrected chi connectivity index (χ2v) is 3.92. The fourth-order valence-electron chi connectivity index (χ4n) is 1.95. The summed E-state index contributed by atoms with van der Waals surface area (Å²) in [6.07, 6.45) is 3.30. The van der Waals surface area contributed by atoms with Gasteiger partial charge in [0.1, 0.15) is 5.82 Å². The molecule has 2 aromatic heterocycles. The van der Waals surface area contributed by atoms with Crippen LogP contribution in [-0.2, 0) is 7.05 Å². The van der Waals surface area contributed by atoms with E-state index >= 15 is 0 Å². The number of benzene rings is 1. The number of aryl methyl sites for hydroxylation is 1. The van der Waals surface area contributed by atoms with Gasteiger partial charge in [0.15, 0.2) is 0 Å². The SMILES string of the molecule is Cn1ccc2cc(F)c(-c3cnoc3N)cc21. The number of hydrogen-bond donors (Lipinski definition) is 1. The highest BCUT2D eigenvalue weighted by molar-refractivity contribution is 5.87. The molecule has 3 rings (SSSR count). The minimum absolute atomic E-state index is 0.123. The molecule has 0 fully saturated rings. The van der Waals surface area contributed by atoms with Crippen molar-refractivity contribution in [2.75, 3.05) is 5.73 Å². The summed E-state index contributed by atoms with van der Waals surface area (Å²) >= 11 is 0. The lowest BCUT2D eigenvalue weighted by atomic mass is 10.1. The normalized spacial score (nSPS) is 11.2. The van der Waals surface area contributed by atoms with Crippen LogP contribution in [0.4, 0.5) is 10.3 Å². The summed E-state index contributed by atoms with van der Waals surface area (Å²) in [6.45, 7) is 0. The number of fused-ring (bicyclic) bond motifs is 1. The summed E-state index contributed by atoms with van der Waals surface area (Å²) in [4.78, 5) is 0. The van der Waals surface area contributed by atoms with Crippen LogP contribution >= 0.6 is 0 Å². The van der Waals surface area contributed by atoms with Crippen LogP contribution in [-0.4, -0.2) is 9.72 Å². The van der Waals surface area contributed by atoms with Crippen molar-refractivity contribution in [3.8, 4) is 11.1 Å². The smallest absolute Gasteiger partial charge is 0.230 e. The third-order valence-electron chi connectivity index (χ3n) is 2.86. The van der Waals surface area contributed by atoms with E-state index in [0.29, 0.717) is 11.1 Å². The first kappa shape index (κ1) is 9.89. The maximum Gasteiger partial charge on any atom is 0.230 e. The Balaban J connectivity index is 2.33. The van der Waals surface area contributed by atoms with E-state index in [1.54, 1.807) is 6.07 Å². The molecule has 3 aromatic rings. The van der Waals surface area contributed by atoms with Crippen LogP contribution in [0.25, 0.3) is 22.0 Å². The summed E-state index contributed by atoms with van der Waals surface area (Å²) in [5, 5.41) is 4.41. The topological polar surface area (TPSA) is 57.0 Å². The maximum absolute atomic E-state index is 13.9. The number of rotatable bonds is 1. The highest BCUT2D eigenvalue weighted by atomic mass is 19.1. The van der Waals surface area contributed by atoms with Gasteiger partial charge in [-0.1, -0.05) is 5.16 Å². The zero-order chi connectivity index (χ0) is 12.0. The van der Waals surface area contributed by atoms with E-state index in [-0.39, 0.29) is 11.7 Å². The van der Waals surface area contributed by atoms with E-state index in [1.165, 1.54) is 12.3 Å². The van der Waals surface area contributed by atoms with Crippen molar-refractivity contribution < 1.29 is 8.91 Å². The lowest BCUT2D eigenvalue weighted by Gasteiger charge is -2.03. The molecule has 0 amide bonds. The Bertz CT molecular complexity index is 699. The first-order valence-corrected chi connectivity index (χ1v) is 5.12. The van der Waals surface area contributed by atoms with Crippen molar-refractivity contribution in [3.63, 3.8) is 0 Å². The number of halogens is 1. The molecular weight excluding hydrogens is 221 g/mol.